The number of aromatic hydroxyl groups is 1. The molecule has 0 amide bonds. The number of carboxylic acids is 1. The molecule has 0 saturated heterocycles. The zero-order chi connectivity index (χ0) is 11.9. The fourth-order valence-electron chi connectivity index (χ4n) is 2.23. The molecular formula is C11H12BrNO3. The van der Waals surface area contributed by atoms with Crippen LogP contribution in [-0.2, 0) is 10.2 Å². The van der Waals surface area contributed by atoms with Crippen LogP contribution in [0.3, 0.4) is 0 Å². The van der Waals surface area contributed by atoms with Crippen LogP contribution in [0.15, 0.2) is 22.7 Å². The molecule has 1 aliphatic rings. The minimum atomic E-state index is -0.947. The summed E-state index contributed by atoms with van der Waals surface area (Å²) in [6.07, 6.45) is 0.814. The third-order valence-corrected chi connectivity index (χ3v) is 3.79. The molecule has 16 heavy (non-hydrogen) atoms. The van der Waals surface area contributed by atoms with Crippen LogP contribution in [-0.4, -0.2) is 22.2 Å². The van der Waals surface area contributed by atoms with Crippen LogP contribution in [0, 0.1) is 0 Å². The highest BCUT2D eigenvalue weighted by atomic mass is 79.9. The van der Waals surface area contributed by atoms with E-state index < -0.39 is 11.4 Å². The molecule has 2 rings (SSSR count). The number of halogens is 1. The molecule has 5 heteroatoms. The number of rotatable bonds is 2. The molecule has 0 unspecified atom stereocenters. The van der Waals surface area contributed by atoms with E-state index in [9.17, 15) is 15.0 Å². The van der Waals surface area contributed by atoms with Gasteiger partial charge in [0, 0.05) is 10.5 Å². The number of benzene rings is 1. The van der Waals surface area contributed by atoms with E-state index in [0.717, 1.165) is 0 Å². The van der Waals surface area contributed by atoms with E-state index in [4.69, 9.17) is 5.73 Å². The quantitative estimate of drug-likeness (QED) is 0.771. The van der Waals surface area contributed by atoms with Crippen molar-refractivity contribution in [3.8, 4) is 5.75 Å². The number of carbonyl (C=O) groups is 1. The fraction of sp³-hybridized carbons (Fsp3) is 0.364. The monoisotopic (exact) mass is 285 g/mol. The summed E-state index contributed by atoms with van der Waals surface area (Å²) in [7, 11) is 0. The molecule has 0 aliphatic heterocycles. The van der Waals surface area contributed by atoms with Crippen molar-refractivity contribution in [2.75, 3.05) is 0 Å². The van der Waals surface area contributed by atoms with Crippen LogP contribution in [0.1, 0.15) is 18.4 Å². The summed E-state index contributed by atoms with van der Waals surface area (Å²) in [4.78, 5) is 11.4. The number of nitrogens with two attached hydrogens (primary N) is 1. The topological polar surface area (TPSA) is 83.6 Å². The van der Waals surface area contributed by atoms with Crippen molar-refractivity contribution in [3.05, 3.63) is 28.2 Å². The minimum absolute atomic E-state index is 0.0688. The lowest BCUT2D eigenvalue weighted by molar-refractivity contribution is -0.148. The van der Waals surface area contributed by atoms with Gasteiger partial charge >= 0.3 is 5.97 Å². The van der Waals surface area contributed by atoms with Gasteiger partial charge in [-0.25, -0.2) is 0 Å². The molecule has 1 saturated carbocycles. The van der Waals surface area contributed by atoms with E-state index >= 15 is 0 Å². The molecule has 0 aromatic heterocycles. The number of aliphatic carboxylic acids is 1. The summed E-state index contributed by atoms with van der Waals surface area (Å²) in [6, 6.07) is 4.58. The van der Waals surface area contributed by atoms with Crippen LogP contribution in [0.25, 0.3) is 0 Å². The fourth-order valence-corrected chi connectivity index (χ4v) is 2.85. The maximum atomic E-state index is 11.4. The molecule has 1 fully saturated rings. The van der Waals surface area contributed by atoms with Crippen molar-refractivity contribution in [1.82, 2.24) is 0 Å². The van der Waals surface area contributed by atoms with Gasteiger partial charge in [0.1, 0.15) is 5.75 Å². The predicted octanol–water partition coefficient (Wildman–Crippen LogP) is 1.60. The average Bonchev–Trinajstić information content (AvgIpc) is 2.16. The third kappa shape index (κ3) is 1.60. The van der Waals surface area contributed by atoms with E-state index in [1.54, 1.807) is 6.07 Å². The zero-order valence-electron chi connectivity index (χ0n) is 8.48. The van der Waals surface area contributed by atoms with Gasteiger partial charge in [0.25, 0.3) is 0 Å². The van der Waals surface area contributed by atoms with Crippen molar-refractivity contribution in [2.45, 2.75) is 24.3 Å². The van der Waals surface area contributed by atoms with Crippen LogP contribution in [0.5, 0.6) is 5.75 Å². The summed E-state index contributed by atoms with van der Waals surface area (Å²) in [6.45, 7) is 0. The molecule has 0 atom stereocenters. The zero-order valence-corrected chi connectivity index (χ0v) is 10.1. The first-order valence-corrected chi connectivity index (χ1v) is 5.73. The normalized spacial score (nSPS) is 28.5. The molecule has 86 valence electrons. The third-order valence-electron chi connectivity index (χ3n) is 3.10. The number of phenols is 1. The van der Waals surface area contributed by atoms with Crippen LogP contribution in [0.4, 0.5) is 0 Å². The van der Waals surface area contributed by atoms with Gasteiger partial charge in [0.15, 0.2) is 0 Å². The second-order valence-corrected chi connectivity index (χ2v) is 5.07. The van der Waals surface area contributed by atoms with Gasteiger partial charge in [-0.1, -0.05) is 15.9 Å². The number of carboxylic acid groups (broad SMARTS) is 1. The molecule has 1 aromatic rings. The predicted molar refractivity (Wildman–Crippen MR) is 62.3 cm³/mol. The molecule has 0 heterocycles. The first-order valence-electron chi connectivity index (χ1n) is 4.94. The van der Waals surface area contributed by atoms with Gasteiger partial charge in [-0.3, -0.25) is 4.79 Å². The Morgan fingerprint density at radius 2 is 2.12 bits per heavy atom. The Bertz CT molecular complexity index is 441. The average molecular weight is 286 g/mol. The van der Waals surface area contributed by atoms with E-state index in [-0.39, 0.29) is 11.8 Å². The molecular weight excluding hydrogens is 274 g/mol. The summed E-state index contributed by atoms with van der Waals surface area (Å²) in [5, 5.41) is 18.7. The molecule has 0 radical (unpaired) electrons. The number of hydrogen-bond donors (Lipinski definition) is 3. The van der Waals surface area contributed by atoms with Gasteiger partial charge in [0.2, 0.25) is 0 Å². The summed E-state index contributed by atoms with van der Waals surface area (Å²) in [5.41, 5.74) is 5.33. The van der Waals surface area contributed by atoms with Crippen LogP contribution >= 0.6 is 15.9 Å². The smallest absolute Gasteiger partial charge is 0.314 e. The highest BCUT2D eigenvalue weighted by Gasteiger charge is 2.51. The van der Waals surface area contributed by atoms with E-state index in [0.29, 0.717) is 22.9 Å². The van der Waals surface area contributed by atoms with Crippen molar-refractivity contribution < 1.29 is 15.0 Å². The Labute approximate surface area is 101 Å². The number of phenolic OH excluding ortho intramolecular Hbond substituents is 1. The Kier molecular flexibility index (Phi) is 2.67. The molecule has 4 N–H and O–H groups in total. The Hall–Kier alpha value is -1.07. The van der Waals surface area contributed by atoms with E-state index in [2.05, 4.69) is 15.9 Å². The lowest BCUT2D eigenvalue weighted by atomic mass is 9.62. The molecule has 4 nitrogen and oxygen atoms in total. The second-order valence-electron chi connectivity index (χ2n) is 4.22. The van der Waals surface area contributed by atoms with Crippen LogP contribution in [0.2, 0.25) is 0 Å². The van der Waals surface area contributed by atoms with Crippen molar-refractivity contribution in [2.24, 2.45) is 5.73 Å². The first kappa shape index (κ1) is 11.4. The standard InChI is InChI=1S/C11H12BrNO3/c12-9-2-1-7(14)3-8(9)11(10(15)16)4-6(13)5-11/h1-3,6,14H,4-5,13H2,(H,15,16). The SMILES string of the molecule is NC1CC(C(=O)O)(c2cc(O)ccc2Br)C1. The lowest BCUT2D eigenvalue weighted by Gasteiger charge is -2.43. The largest absolute Gasteiger partial charge is 0.508 e. The summed E-state index contributed by atoms with van der Waals surface area (Å²) >= 11 is 3.31. The van der Waals surface area contributed by atoms with Crippen LogP contribution < -0.4 is 5.73 Å². The lowest BCUT2D eigenvalue weighted by Crippen LogP contribution is -2.54. The highest BCUT2D eigenvalue weighted by Crippen LogP contribution is 2.46. The summed E-state index contributed by atoms with van der Waals surface area (Å²) < 4.78 is 0.694. The summed E-state index contributed by atoms with van der Waals surface area (Å²) in [5.74, 6) is -0.820. The van der Waals surface area contributed by atoms with Gasteiger partial charge in [0.05, 0.1) is 5.41 Å². The van der Waals surface area contributed by atoms with Crippen molar-refractivity contribution >= 4 is 21.9 Å². The molecule has 1 aliphatic carbocycles. The van der Waals surface area contributed by atoms with Gasteiger partial charge < -0.3 is 15.9 Å². The Balaban J connectivity index is 2.48. The Morgan fingerprint density at radius 1 is 1.50 bits per heavy atom. The highest BCUT2D eigenvalue weighted by molar-refractivity contribution is 9.10. The minimum Gasteiger partial charge on any atom is -0.508 e. The van der Waals surface area contributed by atoms with Gasteiger partial charge in [-0.15, -0.1) is 0 Å². The maximum Gasteiger partial charge on any atom is 0.314 e. The second kappa shape index (κ2) is 3.75. The molecule has 1 aromatic carbocycles. The van der Waals surface area contributed by atoms with Gasteiger partial charge in [-0.2, -0.15) is 0 Å². The number of hydrogen-bond acceptors (Lipinski definition) is 3. The van der Waals surface area contributed by atoms with Crippen molar-refractivity contribution in [3.63, 3.8) is 0 Å². The van der Waals surface area contributed by atoms with E-state index in [1.807, 2.05) is 0 Å². The van der Waals surface area contributed by atoms with E-state index in [1.165, 1.54) is 12.1 Å². The van der Waals surface area contributed by atoms with Gasteiger partial charge in [-0.05, 0) is 36.6 Å². The first-order chi connectivity index (χ1) is 7.45. The Morgan fingerprint density at radius 3 is 2.62 bits per heavy atom. The molecule has 0 bridgehead atoms. The maximum absolute atomic E-state index is 11.4. The van der Waals surface area contributed by atoms with Crippen molar-refractivity contribution in [1.29, 1.82) is 0 Å². The molecule has 0 spiro atoms.